The van der Waals surface area contributed by atoms with Gasteiger partial charge < -0.3 is 10.2 Å². The lowest BCUT2D eigenvalue weighted by Crippen LogP contribution is -2.54. The Hall–Kier alpha value is -3.47. The van der Waals surface area contributed by atoms with Crippen molar-refractivity contribution in [1.29, 1.82) is 0 Å². The van der Waals surface area contributed by atoms with E-state index in [1.54, 1.807) is 48.5 Å². The molecule has 0 radical (unpaired) electrons. The van der Waals surface area contributed by atoms with Crippen molar-refractivity contribution in [3.63, 3.8) is 0 Å². The smallest absolute Gasteiger partial charge is 0.264 e. The highest BCUT2D eigenvalue weighted by Crippen LogP contribution is 2.27. The first-order valence-corrected chi connectivity index (χ1v) is 17.7. The molecule has 0 aliphatic carbocycles. The molecule has 0 bridgehead atoms. The van der Waals surface area contributed by atoms with Gasteiger partial charge >= 0.3 is 0 Å². The number of benzene rings is 4. The Morgan fingerprint density at radius 1 is 0.800 bits per heavy atom. The number of nitrogens with zero attached hydrogens (tertiary/aromatic N) is 2. The minimum Gasteiger partial charge on any atom is -0.352 e. The summed E-state index contributed by atoms with van der Waals surface area (Å²) in [7, 11) is -4.15. The van der Waals surface area contributed by atoms with Crippen LogP contribution in [0.15, 0.2) is 117 Å². The Labute approximate surface area is 283 Å². The molecule has 0 aliphatic rings. The Kier molecular flexibility index (Phi) is 12.0. The number of anilines is 1. The van der Waals surface area contributed by atoms with Gasteiger partial charge in [-0.1, -0.05) is 98.9 Å². The van der Waals surface area contributed by atoms with Crippen LogP contribution in [0, 0.1) is 6.92 Å². The lowest BCUT2D eigenvalue weighted by atomic mass is 10.0. The molecule has 0 spiro atoms. The van der Waals surface area contributed by atoms with E-state index >= 15 is 0 Å². The molecule has 1 N–H and O–H groups in total. The summed E-state index contributed by atoms with van der Waals surface area (Å²) in [6, 6.07) is 29.3. The third-order valence-corrected chi connectivity index (χ3v) is 10.4. The van der Waals surface area contributed by atoms with Gasteiger partial charge in [0.15, 0.2) is 0 Å². The number of sulfonamides is 1. The van der Waals surface area contributed by atoms with E-state index in [1.165, 1.54) is 4.90 Å². The van der Waals surface area contributed by atoms with Gasteiger partial charge in [-0.25, -0.2) is 8.42 Å². The minimum absolute atomic E-state index is 0.0682. The second-order valence-corrected chi connectivity index (χ2v) is 14.7. The van der Waals surface area contributed by atoms with Crippen LogP contribution in [0.1, 0.15) is 37.0 Å². The number of rotatable bonds is 13. The second kappa shape index (κ2) is 15.7. The third kappa shape index (κ3) is 9.28. The summed E-state index contributed by atoms with van der Waals surface area (Å²) in [5, 5.41) is 3.06. The summed E-state index contributed by atoms with van der Waals surface area (Å²) >= 11 is 6.88. The Morgan fingerprint density at radius 3 is 1.96 bits per heavy atom. The maximum Gasteiger partial charge on any atom is 0.264 e. The number of hydrogen-bond donors (Lipinski definition) is 1. The quantitative estimate of drug-likeness (QED) is 0.156. The molecule has 2 atom stereocenters. The molecular formula is C35H37Br2N3O4S. The van der Waals surface area contributed by atoms with Crippen LogP contribution in [0.25, 0.3) is 0 Å². The standard InChI is InChI=1S/C35H37Br2N3O4S/c1-4-26(3)38-35(42)33(22-27-8-6-5-7-9-27)39(23-28-12-14-29(36)15-13-28)34(41)24-40(31-18-16-30(37)17-19-31)45(43,44)32-20-10-25(2)11-21-32/h5-21,26,33H,4,22-24H2,1-3H3,(H,38,42)/t26-,33-/m0/s1. The molecule has 0 saturated carbocycles. The molecule has 236 valence electrons. The van der Waals surface area contributed by atoms with E-state index in [1.807, 2.05) is 75.4 Å². The van der Waals surface area contributed by atoms with Gasteiger partial charge in [0.05, 0.1) is 10.6 Å². The molecule has 4 aromatic rings. The summed E-state index contributed by atoms with van der Waals surface area (Å²) in [5.41, 5.74) is 2.93. The normalized spacial score (nSPS) is 12.6. The van der Waals surface area contributed by atoms with E-state index < -0.39 is 28.5 Å². The summed E-state index contributed by atoms with van der Waals surface area (Å²) in [5.74, 6) is -0.799. The topological polar surface area (TPSA) is 86.8 Å². The molecule has 45 heavy (non-hydrogen) atoms. The van der Waals surface area contributed by atoms with E-state index in [0.29, 0.717) is 5.69 Å². The van der Waals surface area contributed by atoms with E-state index in [2.05, 4.69) is 37.2 Å². The van der Waals surface area contributed by atoms with Crippen molar-refractivity contribution in [2.75, 3.05) is 10.8 Å². The average molecular weight is 756 g/mol. The first-order valence-electron chi connectivity index (χ1n) is 14.7. The molecule has 4 rings (SSSR count). The minimum atomic E-state index is -4.15. The third-order valence-electron chi connectivity index (χ3n) is 7.54. The van der Waals surface area contributed by atoms with Gasteiger partial charge in [0.25, 0.3) is 10.0 Å². The van der Waals surface area contributed by atoms with E-state index in [0.717, 1.165) is 36.4 Å². The van der Waals surface area contributed by atoms with Crippen LogP contribution in [0.3, 0.4) is 0 Å². The Balaban J connectivity index is 1.80. The van der Waals surface area contributed by atoms with Crippen molar-refractivity contribution in [2.24, 2.45) is 0 Å². The Morgan fingerprint density at radius 2 is 1.38 bits per heavy atom. The first kappa shape index (κ1) is 34.4. The van der Waals surface area contributed by atoms with Gasteiger partial charge in [0.1, 0.15) is 12.6 Å². The van der Waals surface area contributed by atoms with Crippen molar-refractivity contribution in [2.45, 2.75) is 57.1 Å². The van der Waals surface area contributed by atoms with Crippen LogP contribution in [-0.4, -0.2) is 43.8 Å². The van der Waals surface area contributed by atoms with Gasteiger partial charge in [0, 0.05) is 28.0 Å². The van der Waals surface area contributed by atoms with Crippen molar-refractivity contribution in [3.8, 4) is 0 Å². The molecule has 2 amide bonds. The van der Waals surface area contributed by atoms with E-state index in [9.17, 15) is 18.0 Å². The lowest BCUT2D eigenvalue weighted by Gasteiger charge is -2.34. The fraction of sp³-hybridized carbons (Fsp3) is 0.257. The van der Waals surface area contributed by atoms with Crippen molar-refractivity contribution in [1.82, 2.24) is 10.2 Å². The van der Waals surface area contributed by atoms with Crippen LogP contribution >= 0.6 is 31.9 Å². The number of carbonyl (C=O) groups is 2. The monoisotopic (exact) mass is 753 g/mol. The molecule has 0 heterocycles. The van der Waals surface area contributed by atoms with Crippen LogP contribution in [0.4, 0.5) is 5.69 Å². The molecule has 4 aromatic carbocycles. The highest BCUT2D eigenvalue weighted by Gasteiger charge is 2.35. The van der Waals surface area contributed by atoms with Crippen LogP contribution in [0.5, 0.6) is 0 Å². The maximum absolute atomic E-state index is 14.5. The van der Waals surface area contributed by atoms with Crippen LogP contribution in [-0.2, 0) is 32.6 Å². The highest BCUT2D eigenvalue weighted by atomic mass is 79.9. The van der Waals surface area contributed by atoms with Crippen molar-refractivity contribution >= 4 is 59.4 Å². The predicted octanol–water partition coefficient (Wildman–Crippen LogP) is 7.27. The second-order valence-electron chi connectivity index (χ2n) is 11.0. The molecule has 0 aromatic heterocycles. The SMILES string of the molecule is CC[C@H](C)NC(=O)[C@H](Cc1ccccc1)N(Cc1ccc(Br)cc1)C(=O)CN(c1ccc(Br)cc1)S(=O)(=O)c1ccc(C)cc1. The van der Waals surface area contributed by atoms with E-state index in [4.69, 9.17) is 0 Å². The number of aryl methyl sites for hydroxylation is 1. The zero-order valence-corrected chi connectivity index (χ0v) is 29.5. The van der Waals surface area contributed by atoms with Crippen molar-refractivity contribution < 1.29 is 18.0 Å². The predicted molar refractivity (Wildman–Crippen MR) is 186 cm³/mol. The largest absolute Gasteiger partial charge is 0.352 e. The summed E-state index contributed by atoms with van der Waals surface area (Å²) in [4.78, 5) is 30.0. The summed E-state index contributed by atoms with van der Waals surface area (Å²) < 4.78 is 31.0. The lowest BCUT2D eigenvalue weighted by molar-refractivity contribution is -0.140. The Bertz CT molecular complexity index is 1680. The number of halogens is 2. The van der Waals surface area contributed by atoms with Crippen LogP contribution < -0.4 is 9.62 Å². The number of nitrogens with one attached hydrogen (secondary N) is 1. The molecule has 0 unspecified atom stereocenters. The fourth-order valence-electron chi connectivity index (χ4n) is 4.76. The van der Waals surface area contributed by atoms with Gasteiger partial charge in [0.2, 0.25) is 11.8 Å². The molecular weight excluding hydrogens is 718 g/mol. The number of carbonyl (C=O) groups excluding carboxylic acids is 2. The zero-order chi connectivity index (χ0) is 32.6. The molecule has 10 heteroatoms. The highest BCUT2D eigenvalue weighted by molar-refractivity contribution is 9.10. The average Bonchev–Trinajstić information content (AvgIpc) is 3.03. The molecule has 0 saturated heterocycles. The van der Waals surface area contributed by atoms with Gasteiger partial charge in [-0.3, -0.25) is 13.9 Å². The first-order chi connectivity index (χ1) is 21.5. The van der Waals surface area contributed by atoms with Crippen LogP contribution in [0.2, 0.25) is 0 Å². The maximum atomic E-state index is 14.5. The van der Waals surface area contributed by atoms with Gasteiger partial charge in [-0.2, -0.15) is 0 Å². The zero-order valence-electron chi connectivity index (χ0n) is 25.5. The molecule has 0 fully saturated rings. The molecule has 0 aliphatic heterocycles. The van der Waals surface area contributed by atoms with Crippen molar-refractivity contribution in [3.05, 3.63) is 129 Å². The van der Waals surface area contributed by atoms with Gasteiger partial charge in [-0.15, -0.1) is 0 Å². The van der Waals surface area contributed by atoms with E-state index in [-0.39, 0.29) is 29.8 Å². The number of hydrogen-bond acceptors (Lipinski definition) is 4. The fourth-order valence-corrected chi connectivity index (χ4v) is 6.70. The molecule has 7 nitrogen and oxygen atoms in total. The summed E-state index contributed by atoms with van der Waals surface area (Å²) in [6.07, 6.45) is 0.977. The number of amides is 2. The van der Waals surface area contributed by atoms with Gasteiger partial charge in [-0.05, 0) is 79.9 Å². The summed E-state index contributed by atoms with van der Waals surface area (Å²) in [6.45, 7) is 5.38.